The second-order valence-electron chi connectivity index (χ2n) is 12.3. The van der Waals surface area contributed by atoms with Crippen LogP contribution in [-0.4, -0.2) is 66.8 Å². The molecule has 0 unspecified atom stereocenters. The van der Waals surface area contributed by atoms with Crippen LogP contribution in [0.4, 0.5) is 0 Å². The van der Waals surface area contributed by atoms with Crippen LogP contribution in [0.25, 0.3) is 11.1 Å². The van der Waals surface area contributed by atoms with Gasteiger partial charge in [-0.15, -0.1) is 0 Å². The number of benzene rings is 3. The third kappa shape index (κ3) is 7.77. The van der Waals surface area contributed by atoms with Gasteiger partial charge in [-0.3, -0.25) is 9.69 Å². The Morgan fingerprint density at radius 2 is 1.59 bits per heavy atom. The first kappa shape index (κ1) is 32.3. The molecule has 1 atom stereocenters. The first-order valence-electron chi connectivity index (χ1n) is 16.2. The van der Waals surface area contributed by atoms with Crippen molar-refractivity contribution in [2.45, 2.75) is 77.8 Å². The fraction of sp³-hybridized carbons (Fsp3) is 0.486. The minimum atomic E-state index is -0.758. The molecule has 0 aliphatic carbocycles. The van der Waals surface area contributed by atoms with Crippen LogP contribution in [0.5, 0.6) is 11.5 Å². The van der Waals surface area contributed by atoms with E-state index in [0.717, 1.165) is 74.4 Å². The van der Waals surface area contributed by atoms with E-state index in [4.69, 9.17) is 21.1 Å². The summed E-state index contributed by atoms with van der Waals surface area (Å²) in [4.78, 5) is 16.4. The maximum absolute atomic E-state index is 11.8. The van der Waals surface area contributed by atoms with Crippen LogP contribution in [0.15, 0.2) is 48.5 Å². The number of aliphatic carboxylic acids is 1. The fourth-order valence-corrected chi connectivity index (χ4v) is 7.16. The number of hydrogen-bond donors (Lipinski definition) is 1. The van der Waals surface area contributed by atoms with Crippen molar-refractivity contribution < 1.29 is 19.4 Å². The van der Waals surface area contributed by atoms with E-state index in [2.05, 4.69) is 55.1 Å². The Labute approximate surface area is 267 Å². The molecule has 44 heavy (non-hydrogen) atoms. The molecule has 2 heterocycles. The van der Waals surface area contributed by atoms with Gasteiger partial charge in [0.2, 0.25) is 0 Å². The van der Waals surface area contributed by atoms with Crippen LogP contribution in [0, 0.1) is 13.8 Å². The van der Waals surface area contributed by atoms with Crippen LogP contribution >= 0.6 is 11.6 Å². The smallest absolute Gasteiger partial charge is 0.320 e. The summed E-state index contributed by atoms with van der Waals surface area (Å²) in [7, 11) is 1.67. The topological polar surface area (TPSA) is 62.2 Å². The lowest BCUT2D eigenvalue weighted by Gasteiger charge is -2.33. The normalized spacial score (nSPS) is 17.6. The highest BCUT2D eigenvalue weighted by Gasteiger charge is 2.29. The van der Waals surface area contributed by atoms with Crippen LogP contribution < -0.4 is 9.47 Å². The summed E-state index contributed by atoms with van der Waals surface area (Å²) in [5, 5.41) is 10.4. The molecule has 2 saturated heterocycles. The van der Waals surface area contributed by atoms with Crippen molar-refractivity contribution in [3.8, 4) is 22.6 Å². The molecule has 1 N–H and O–H groups in total. The summed E-state index contributed by atoms with van der Waals surface area (Å²) in [6.07, 6.45) is 7.95. The van der Waals surface area contributed by atoms with Crippen LogP contribution in [0.2, 0.25) is 5.02 Å². The molecule has 0 saturated carbocycles. The minimum absolute atomic E-state index is 0.460. The number of piperidine rings is 1. The maximum Gasteiger partial charge on any atom is 0.320 e. The zero-order valence-corrected chi connectivity index (χ0v) is 27.3. The zero-order chi connectivity index (χ0) is 31.1. The molecule has 0 spiro atoms. The number of likely N-dealkylation sites (tertiary alicyclic amines) is 2. The van der Waals surface area contributed by atoms with Gasteiger partial charge in [0.05, 0.1) is 13.7 Å². The molecule has 0 aromatic heterocycles. The molecule has 6 nitrogen and oxygen atoms in total. The summed E-state index contributed by atoms with van der Waals surface area (Å²) < 4.78 is 12.0. The van der Waals surface area contributed by atoms with Crippen molar-refractivity contribution in [3.05, 3.63) is 81.4 Å². The Bertz CT molecular complexity index is 1440. The SMILES string of the molecule is COc1cc(CCc2cccc(-c3cccc(OCCCN4CCCC4)c3C)c2C)c(Cl)cc1CN1CCCC[C@H]1C(=O)O. The molecule has 2 fully saturated rings. The van der Waals surface area contributed by atoms with Gasteiger partial charge in [-0.25, -0.2) is 0 Å². The van der Waals surface area contributed by atoms with Crippen molar-refractivity contribution in [1.82, 2.24) is 9.80 Å². The molecule has 5 rings (SSSR count). The van der Waals surface area contributed by atoms with Gasteiger partial charge in [0, 0.05) is 23.7 Å². The zero-order valence-electron chi connectivity index (χ0n) is 26.5. The number of hydrogen-bond acceptors (Lipinski definition) is 5. The summed E-state index contributed by atoms with van der Waals surface area (Å²) in [5.41, 5.74) is 8.14. The molecule has 3 aromatic rings. The van der Waals surface area contributed by atoms with Gasteiger partial charge in [0.15, 0.2) is 0 Å². The molecule has 7 heteroatoms. The molecule has 0 bridgehead atoms. The van der Waals surface area contributed by atoms with Crippen molar-refractivity contribution >= 4 is 17.6 Å². The minimum Gasteiger partial charge on any atom is -0.496 e. The molecule has 0 radical (unpaired) electrons. The average Bonchev–Trinajstić information content (AvgIpc) is 3.54. The number of carboxylic acids is 1. The summed E-state index contributed by atoms with van der Waals surface area (Å²) in [6.45, 7) is 9.95. The van der Waals surface area contributed by atoms with Gasteiger partial charge in [-0.05, 0) is 130 Å². The number of methoxy groups -OCH3 is 1. The molecular weight excluding hydrogens is 572 g/mol. The highest BCUT2D eigenvalue weighted by atomic mass is 35.5. The first-order chi connectivity index (χ1) is 21.4. The molecule has 3 aromatic carbocycles. The van der Waals surface area contributed by atoms with E-state index >= 15 is 0 Å². The monoisotopic (exact) mass is 618 g/mol. The van der Waals surface area contributed by atoms with E-state index in [0.29, 0.717) is 18.0 Å². The number of nitrogens with zero attached hydrogens (tertiary/aromatic N) is 2. The van der Waals surface area contributed by atoms with E-state index in [9.17, 15) is 9.90 Å². The van der Waals surface area contributed by atoms with Crippen molar-refractivity contribution in [2.24, 2.45) is 0 Å². The highest BCUT2D eigenvalue weighted by Crippen LogP contribution is 2.35. The van der Waals surface area contributed by atoms with E-state index in [1.54, 1.807) is 7.11 Å². The summed E-state index contributed by atoms with van der Waals surface area (Å²) in [5.74, 6) is 0.968. The fourth-order valence-electron chi connectivity index (χ4n) is 6.88. The van der Waals surface area contributed by atoms with E-state index in [-0.39, 0.29) is 0 Å². The Balaban J connectivity index is 1.26. The molecular formula is C37H47ClN2O4. The predicted molar refractivity (Wildman–Crippen MR) is 178 cm³/mol. The summed E-state index contributed by atoms with van der Waals surface area (Å²) >= 11 is 6.83. The number of halogens is 1. The third-order valence-electron chi connectivity index (χ3n) is 9.48. The standard InChI is InChI=1S/C37H47ClN2O4/c1-26-28(11-8-12-31(26)32-13-9-15-35(27(32)2)44-22-10-20-39-18-6-7-19-39)16-17-29-24-36(43-3)30(23-33(29)38)25-40-21-5-4-14-34(40)37(41)42/h8-9,11-13,15,23-24,34H,4-7,10,14,16-22,25H2,1-3H3,(H,41,42)/t34-/m0/s1. The van der Waals surface area contributed by atoms with Crippen LogP contribution in [0.3, 0.4) is 0 Å². The number of aryl methyl sites for hydroxylation is 2. The van der Waals surface area contributed by atoms with Crippen molar-refractivity contribution in [3.63, 3.8) is 0 Å². The lowest BCUT2D eigenvalue weighted by Crippen LogP contribution is -2.44. The number of ether oxygens (including phenoxy) is 2. The van der Waals surface area contributed by atoms with Crippen molar-refractivity contribution in [2.75, 3.05) is 39.9 Å². The largest absolute Gasteiger partial charge is 0.496 e. The molecule has 2 aliphatic rings. The lowest BCUT2D eigenvalue weighted by atomic mass is 9.91. The van der Waals surface area contributed by atoms with Gasteiger partial charge >= 0.3 is 5.97 Å². The molecule has 236 valence electrons. The Morgan fingerprint density at radius 3 is 2.34 bits per heavy atom. The Hall–Kier alpha value is -3.06. The quantitative estimate of drug-likeness (QED) is 0.198. The highest BCUT2D eigenvalue weighted by molar-refractivity contribution is 6.31. The third-order valence-corrected chi connectivity index (χ3v) is 9.83. The molecule has 2 aliphatic heterocycles. The van der Waals surface area contributed by atoms with E-state index in [1.807, 2.05) is 17.0 Å². The number of carbonyl (C=O) groups is 1. The van der Waals surface area contributed by atoms with E-state index in [1.165, 1.54) is 53.7 Å². The van der Waals surface area contributed by atoms with Gasteiger partial charge in [-0.1, -0.05) is 48.4 Å². The van der Waals surface area contributed by atoms with Crippen LogP contribution in [0.1, 0.15) is 66.3 Å². The van der Waals surface area contributed by atoms with E-state index < -0.39 is 12.0 Å². The van der Waals surface area contributed by atoms with Crippen molar-refractivity contribution in [1.29, 1.82) is 0 Å². The number of carboxylic acid groups (broad SMARTS) is 1. The Kier molecular flexibility index (Phi) is 11.2. The van der Waals surface area contributed by atoms with Gasteiger partial charge < -0.3 is 19.5 Å². The van der Waals surface area contributed by atoms with Gasteiger partial charge in [0.1, 0.15) is 17.5 Å². The second-order valence-corrected chi connectivity index (χ2v) is 12.8. The lowest BCUT2D eigenvalue weighted by molar-refractivity contribution is -0.144. The van der Waals surface area contributed by atoms with Crippen LogP contribution in [-0.2, 0) is 24.2 Å². The predicted octanol–water partition coefficient (Wildman–Crippen LogP) is 7.72. The number of rotatable bonds is 13. The molecule has 0 amide bonds. The van der Waals surface area contributed by atoms with Gasteiger partial charge in [-0.2, -0.15) is 0 Å². The van der Waals surface area contributed by atoms with Gasteiger partial charge in [0.25, 0.3) is 0 Å². The average molecular weight is 619 g/mol. The Morgan fingerprint density at radius 1 is 0.886 bits per heavy atom. The first-order valence-corrected chi connectivity index (χ1v) is 16.6. The maximum atomic E-state index is 11.8. The second kappa shape index (κ2) is 15.3. The summed E-state index contributed by atoms with van der Waals surface area (Å²) in [6, 6.07) is 16.5.